The SMILES string of the molecule is CC1CC(Oc2cc(C(F)(F)F)nc(Cl)n2)CC(C)O1. The lowest BCUT2D eigenvalue weighted by Crippen LogP contribution is -2.36. The van der Waals surface area contributed by atoms with E-state index in [9.17, 15) is 13.2 Å². The van der Waals surface area contributed by atoms with Crippen LogP contribution in [0, 0.1) is 0 Å². The monoisotopic (exact) mass is 310 g/mol. The normalized spacial score (nSPS) is 27.4. The molecule has 0 spiro atoms. The molecular formula is C12H14ClF3N2O2. The Morgan fingerprint density at radius 1 is 1.25 bits per heavy atom. The van der Waals surface area contributed by atoms with Crippen molar-refractivity contribution in [3.8, 4) is 5.88 Å². The molecule has 2 rings (SSSR count). The van der Waals surface area contributed by atoms with Crippen molar-refractivity contribution in [1.29, 1.82) is 0 Å². The van der Waals surface area contributed by atoms with Crippen molar-refractivity contribution >= 4 is 11.6 Å². The van der Waals surface area contributed by atoms with Crippen LogP contribution in [0.1, 0.15) is 32.4 Å². The van der Waals surface area contributed by atoms with E-state index in [1.165, 1.54) is 0 Å². The van der Waals surface area contributed by atoms with Crippen LogP contribution in [0.2, 0.25) is 5.28 Å². The molecule has 1 aliphatic rings. The summed E-state index contributed by atoms with van der Waals surface area (Å²) in [5.74, 6) is -0.163. The highest BCUT2D eigenvalue weighted by Crippen LogP contribution is 2.31. The van der Waals surface area contributed by atoms with E-state index in [1.807, 2.05) is 13.8 Å². The molecule has 0 radical (unpaired) electrons. The first kappa shape index (κ1) is 15.3. The lowest BCUT2D eigenvalue weighted by atomic mass is 10.0. The van der Waals surface area contributed by atoms with Crippen LogP contribution in [0.25, 0.3) is 0 Å². The molecule has 0 bridgehead atoms. The molecule has 0 N–H and O–H groups in total. The van der Waals surface area contributed by atoms with E-state index < -0.39 is 17.2 Å². The first-order valence-electron chi connectivity index (χ1n) is 6.18. The number of alkyl halides is 3. The van der Waals surface area contributed by atoms with Crippen LogP contribution in [-0.2, 0) is 10.9 Å². The van der Waals surface area contributed by atoms with Gasteiger partial charge in [0.15, 0.2) is 5.69 Å². The van der Waals surface area contributed by atoms with Gasteiger partial charge in [0, 0.05) is 18.9 Å². The summed E-state index contributed by atoms with van der Waals surface area (Å²) < 4.78 is 48.9. The largest absolute Gasteiger partial charge is 0.474 e. The number of rotatable bonds is 2. The number of hydrogen-bond acceptors (Lipinski definition) is 4. The van der Waals surface area contributed by atoms with Crippen LogP contribution in [0.3, 0.4) is 0 Å². The Labute approximate surface area is 119 Å². The quantitative estimate of drug-likeness (QED) is 0.784. The highest BCUT2D eigenvalue weighted by molar-refractivity contribution is 6.28. The third-order valence-electron chi connectivity index (χ3n) is 2.91. The molecule has 20 heavy (non-hydrogen) atoms. The van der Waals surface area contributed by atoms with Crippen molar-refractivity contribution in [2.75, 3.05) is 0 Å². The average Bonchev–Trinajstić information content (AvgIpc) is 2.25. The average molecular weight is 311 g/mol. The summed E-state index contributed by atoms with van der Waals surface area (Å²) in [5, 5.41) is -0.483. The van der Waals surface area contributed by atoms with Gasteiger partial charge in [0.05, 0.1) is 12.2 Å². The molecule has 1 aromatic rings. The van der Waals surface area contributed by atoms with Gasteiger partial charge < -0.3 is 9.47 Å². The lowest BCUT2D eigenvalue weighted by Gasteiger charge is -2.31. The van der Waals surface area contributed by atoms with Crippen molar-refractivity contribution < 1.29 is 22.6 Å². The van der Waals surface area contributed by atoms with Crippen molar-refractivity contribution in [2.45, 2.75) is 51.2 Å². The molecule has 0 amide bonds. The maximum absolute atomic E-state index is 12.6. The Morgan fingerprint density at radius 2 is 1.85 bits per heavy atom. The Morgan fingerprint density at radius 3 is 2.40 bits per heavy atom. The van der Waals surface area contributed by atoms with Crippen LogP contribution in [0.4, 0.5) is 13.2 Å². The molecule has 4 nitrogen and oxygen atoms in total. The first-order valence-corrected chi connectivity index (χ1v) is 6.55. The molecule has 0 aliphatic carbocycles. The minimum Gasteiger partial charge on any atom is -0.474 e. The lowest BCUT2D eigenvalue weighted by molar-refractivity contribution is -0.141. The molecule has 2 heterocycles. The molecule has 1 fully saturated rings. The first-order chi connectivity index (χ1) is 9.24. The minimum absolute atomic E-state index is 0.0110. The zero-order chi connectivity index (χ0) is 14.9. The maximum atomic E-state index is 12.6. The van der Waals surface area contributed by atoms with Gasteiger partial charge in [-0.15, -0.1) is 0 Å². The molecule has 2 atom stereocenters. The predicted molar refractivity (Wildman–Crippen MR) is 65.7 cm³/mol. The fourth-order valence-electron chi connectivity index (χ4n) is 2.21. The third-order valence-corrected chi connectivity index (χ3v) is 3.08. The Balaban J connectivity index is 2.15. The summed E-state index contributed by atoms with van der Waals surface area (Å²) in [4.78, 5) is 6.84. The van der Waals surface area contributed by atoms with Crippen LogP contribution < -0.4 is 4.74 Å². The number of halogens is 4. The van der Waals surface area contributed by atoms with Crippen LogP contribution in [0.15, 0.2) is 6.07 Å². The van der Waals surface area contributed by atoms with Crippen LogP contribution in [-0.4, -0.2) is 28.3 Å². The standard InChI is InChI=1S/C12H14ClF3N2O2/c1-6-3-8(4-7(2)19-6)20-10-5-9(12(14,15)16)17-11(13)18-10/h5-8H,3-4H2,1-2H3. The Hall–Kier alpha value is -1.08. The second-order valence-corrected chi connectivity index (χ2v) is 5.16. The third kappa shape index (κ3) is 3.96. The van der Waals surface area contributed by atoms with E-state index in [2.05, 4.69) is 9.97 Å². The number of nitrogens with zero attached hydrogens (tertiary/aromatic N) is 2. The molecule has 1 aliphatic heterocycles. The fourth-order valence-corrected chi connectivity index (χ4v) is 2.39. The van der Waals surface area contributed by atoms with E-state index in [0.717, 1.165) is 6.07 Å². The highest BCUT2D eigenvalue weighted by atomic mass is 35.5. The molecule has 8 heteroatoms. The summed E-state index contributed by atoms with van der Waals surface area (Å²) in [6.07, 6.45) is -3.67. The summed E-state index contributed by atoms with van der Waals surface area (Å²) >= 11 is 5.50. The zero-order valence-corrected chi connectivity index (χ0v) is 11.7. The number of ether oxygens (including phenoxy) is 2. The second-order valence-electron chi connectivity index (χ2n) is 4.83. The van der Waals surface area contributed by atoms with E-state index in [0.29, 0.717) is 12.8 Å². The molecule has 0 aromatic carbocycles. The molecular weight excluding hydrogens is 297 g/mol. The topological polar surface area (TPSA) is 44.2 Å². The molecule has 1 aromatic heterocycles. The second kappa shape index (κ2) is 5.73. The molecule has 1 saturated heterocycles. The van der Waals surface area contributed by atoms with E-state index in [-0.39, 0.29) is 24.2 Å². The van der Waals surface area contributed by atoms with Crippen molar-refractivity contribution in [1.82, 2.24) is 9.97 Å². The Kier molecular flexibility index (Phi) is 4.39. The van der Waals surface area contributed by atoms with Crippen LogP contribution in [0.5, 0.6) is 5.88 Å². The van der Waals surface area contributed by atoms with Crippen molar-refractivity contribution in [3.63, 3.8) is 0 Å². The minimum atomic E-state index is -4.58. The maximum Gasteiger partial charge on any atom is 0.433 e. The van der Waals surface area contributed by atoms with E-state index >= 15 is 0 Å². The van der Waals surface area contributed by atoms with Crippen LogP contribution >= 0.6 is 11.6 Å². The highest BCUT2D eigenvalue weighted by Gasteiger charge is 2.34. The predicted octanol–water partition coefficient (Wildman–Crippen LogP) is 3.48. The summed E-state index contributed by atoms with van der Waals surface area (Å²) in [7, 11) is 0. The van der Waals surface area contributed by atoms with Gasteiger partial charge in [-0.3, -0.25) is 0 Å². The zero-order valence-electron chi connectivity index (χ0n) is 10.9. The van der Waals surface area contributed by atoms with Crippen molar-refractivity contribution in [2.24, 2.45) is 0 Å². The van der Waals surface area contributed by atoms with Gasteiger partial charge in [-0.05, 0) is 25.4 Å². The van der Waals surface area contributed by atoms with Gasteiger partial charge in [0.2, 0.25) is 11.2 Å². The summed E-state index contributed by atoms with van der Waals surface area (Å²) in [5.41, 5.74) is -1.11. The molecule has 2 unspecified atom stereocenters. The van der Waals surface area contributed by atoms with Crippen molar-refractivity contribution in [3.05, 3.63) is 17.0 Å². The molecule has 0 saturated carbocycles. The van der Waals surface area contributed by atoms with Gasteiger partial charge in [0.25, 0.3) is 0 Å². The van der Waals surface area contributed by atoms with Gasteiger partial charge in [-0.2, -0.15) is 18.2 Å². The molecule has 112 valence electrons. The van der Waals surface area contributed by atoms with Gasteiger partial charge >= 0.3 is 6.18 Å². The van der Waals surface area contributed by atoms with E-state index in [4.69, 9.17) is 21.1 Å². The smallest absolute Gasteiger partial charge is 0.433 e. The fraction of sp³-hybridized carbons (Fsp3) is 0.667. The van der Waals surface area contributed by atoms with E-state index in [1.54, 1.807) is 0 Å². The van der Waals surface area contributed by atoms with Gasteiger partial charge in [-0.25, -0.2) is 4.98 Å². The number of hydrogen-bond donors (Lipinski definition) is 0. The Bertz CT molecular complexity index is 474. The van der Waals surface area contributed by atoms with Gasteiger partial charge in [-0.1, -0.05) is 0 Å². The summed E-state index contributed by atoms with van der Waals surface area (Å²) in [6, 6.07) is 0.761. The summed E-state index contributed by atoms with van der Waals surface area (Å²) in [6.45, 7) is 3.78. The van der Waals surface area contributed by atoms with Gasteiger partial charge in [0.1, 0.15) is 6.10 Å². The number of aromatic nitrogens is 2.